The van der Waals surface area contributed by atoms with Crippen LogP contribution >= 0.6 is 0 Å². The number of hydrogen-bond donors (Lipinski definition) is 1. The number of ether oxygens (including phenoxy) is 2. The number of carbonyl (C=O) groups is 1. The maximum Gasteiger partial charge on any atom is 0.270 e. The van der Waals surface area contributed by atoms with Crippen LogP contribution in [0, 0.1) is 0 Å². The average Bonchev–Trinajstić information content (AvgIpc) is 3.33. The average molecular weight is 436 g/mol. The van der Waals surface area contributed by atoms with Crippen molar-refractivity contribution in [3.8, 4) is 23.0 Å². The molecule has 0 saturated heterocycles. The molecule has 0 radical (unpaired) electrons. The minimum Gasteiger partial charge on any atom is -0.414 e. The van der Waals surface area contributed by atoms with Gasteiger partial charge in [-0.25, -0.2) is 9.97 Å². The van der Waals surface area contributed by atoms with Gasteiger partial charge in [0.1, 0.15) is 6.61 Å². The van der Waals surface area contributed by atoms with Gasteiger partial charge >= 0.3 is 0 Å². The van der Waals surface area contributed by atoms with Crippen LogP contribution in [-0.2, 0) is 14.3 Å². The Morgan fingerprint density at radius 1 is 1.19 bits per heavy atom. The molecule has 0 spiro atoms. The highest BCUT2D eigenvalue weighted by atomic mass is 16.5. The van der Waals surface area contributed by atoms with Crippen molar-refractivity contribution in [2.75, 3.05) is 45.8 Å². The Morgan fingerprint density at radius 3 is 2.75 bits per heavy atom. The predicted molar refractivity (Wildman–Crippen MR) is 117 cm³/mol. The molecule has 4 rings (SSSR count). The molecule has 1 aromatic carbocycles. The van der Waals surface area contributed by atoms with Crippen molar-refractivity contribution in [2.24, 2.45) is 0 Å². The van der Waals surface area contributed by atoms with E-state index in [0.717, 1.165) is 11.1 Å². The highest BCUT2D eigenvalue weighted by Crippen LogP contribution is 2.28. The fraction of sp³-hybridized carbons (Fsp3) is 0.318. The van der Waals surface area contributed by atoms with Gasteiger partial charge < -0.3 is 24.5 Å². The second-order valence-corrected chi connectivity index (χ2v) is 7.13. The van der Waals surface area contributed by atoms with Gasteiger partial charge in [-0.2, -0.15) is 0 Å². The van der Waals surface area contributed by atoms with Crippen LogP contribution in [0.3, 0.4) is 0 Å². The number of hydrogen-bond acceptors (Lipinski definition) is 9. The van der Waals surface area contributed by atoms with Crippen LogP contribution in [0.1, 0.15) is 12.1 Å². The Kier molecular flexibility index (Phi) is 6.83. The topological polar surface area (TPSA) is 129 Å². The first-order chi connectivity index (χ1) is 15.7. The number of anilines is 1. The molecule has 0 atom stereocenters. The number of benzene rings is 1. The maximum absolute atomic E-state index is 12.3. The molecule has 0 saturated carbocycles. The van der Waals surface area contributed by atoms with Crippen LogP contribution in [0.4, 0.5) is 5.82 Å². The maximum atomic E-state index is 12.3. The van der Waals surface area contributed by atoms with Gasteiger partial charge in [-0.3, -0.25) is 4.79 Å². The molecule has 1 amide bonds. The van der Waals surface area contributed by atoms with Crippen molar-refractivity contribution in [1.82, 2.24) is 25.1 Å². The van der Waals surface area contributed by atoms with Gasteiger partial charge in [0.25, 0.3) is 5.89 Å². The van der Waals surface area contributed by atoms with Crippen LogP contribution in [0.2, 0.25) is 0 Å². The Labute approximate surface area is 185 Å². The fourth-order valence-electron chi connectivity index (χ4n) is 3.25. The molecule has 32 heavy (non-hydrogen) atoms. The van der Waals surface area contributed by atoms with Crippen LogP contribution in [0.5, 0.6) is 0 Å². The van der Waals surface area contributed by atoms with Gasteiger partial charge in [0.2, 0.25) is 11.8 Å². The van der Waals surface area contributed by atoms with Crippen LogP contribution in [0.25, 0.3) is 28.6 Å². The fourth-order valence-corrected chi connectivity index (χ4v) is 3.25. The summed E-state index contributed by atoms with van der Waals surface area (Å²) in [5.41, 5.74) is 8.82. The molecule has 10 nitrogen and oxygen atoms in total. The van der Waals surface area contributed by atoms with Gasteiger partial charge in [-0.15, -0.1) is 10.2 Å². The summed E-state index contributed by atoms with van der Waals surface area (Å²) in [6.07, 6.45) is 4.22. The monoisotopic (exact) mass is 436 g/mol. The van der Waals surface area contributed by atoms with Gasteiger partial charge in [-0.1, -0.05) is 24.3 Å². The third kappa shape index (κ3) is 4.98. The molecule has 10 heteroatoms. The Bertz CT molecular complexity index is 1100. The zero-order valence-corrected chi connectivity index (χ0v) is 17.7. The van der Waals surface area contributed by atoms with Crippen LogP contribution in [0.15, 0.2) is 47.0 Å². The van der Waals surface area contributed by atoms with Crippen LogP contribution in [-0.4, -0.2) is 71.0 Å². The zero-order valence-electron chi connectivity index (χ0n) is 17.7. The molecular weight excluding hydrogens is 412 g/mol. The van der Waals surface area contributed by atoms with Gasteiger partial charge in [0, 0.05) is 25.8 Å². The van der Waals surface area contributed by atoms with Crippen molar-refractivity contribution in [3.63, 3.8) is 0 Å². The summed E-state index contributed by atoms with van der Waals surface area (Å²) in [5.74, 6) is 0.737. The normalized spacial score (nSPS) is 13.8. The van der Waals surface area contributed by atoms with Gasteiger partial charge in [-0.05, 0) is 24.1 Å². The number of methoxy groups -OCH3 is 1. The van der Waals surface area contributed by atoms with Crippen molar-refractivity contribution in [2.45, 2.75) is 6.42 Å². The number of amides is 1. The lowest BCUT2D eigenvalue weighted by molar-refractivity contribution is -0.136. The second-order valence-electron chi connectivity index (χ2n) is 7.13. The van der Waals surface area contributed by atoms with E-state index < -0.39 is 0 Å². The molecule has 2 aromatic heterocycles. The van der Waals surface area contributed by atoms with Gasteiger partial charge in [0.05, 0.1) is 25.1 Å². The smallest absolute Gasteiger partial charge is 0.270 e. The SMILES string of the molecule is COCCOCC(=O)N1CC=C(c2cnc(N)c(-c3nnc(-c4ccccc4)o3)n2)CC1. The predicted octanol–water partition coefficient (Wildman–Crippen LogP) is 2.05. The first kappa shape index (κ1) is 21.6. The van der Waals surface area contributed by atoms with E-state index in [1.807, 2.05) is 36.4 Å². The van der Waals surface area contributed by atoms with E-state index in [9.17, 15) is 4.79 Å². The lowest BCUT2D eigenvalue weighted by atomic mass is 10.0. The van der Waals surface area contributed by atoms with Crippen molar-refractivity contribution >= 4 is 17.3 Å². The molecule has 166 valence electrons. The third-order valence-corrected chi connectivity index (χ3v) is 5.00. The van der Waals surface area contributed by atoms with E-state index in [1.165, 1.54) is 0 Å². The van der Waals surface area contributed by atoms with Crippen molar-refractivity contribution in [3.05, 3.63) is 48.3 Å². The highest BCUT2D eigenvalue weighted by molar-refractivity contribution is 5.79. The minimum absolute atomic E-state index is 0.0409. The van der Waals surface area contributed by atoms with Gasteiger partial charge in [0.15, 0.2) is 11.5 Å². The summed E-state index contributed by atoms with van der Waals surface area (Å²) in [6, 6.07) is 9.46. The highest BCUT2D eigenvalue weighted by Gasteiger charge is 2.21. The number of nitrogen functional groups attached to an aromatic ring is 1. The second kappa shape index (κ2) is 10.1. The first-order valence-corrected chi connectivity index (χ1v) is 10.2. The molecule has 1 aliphatic heterocycles. The van der Waals surface area contributed by atoms with Crippen LogP contribution < -0.4 is 5.73 Å². The summed E-state index contributed by atoms with van der Waals surface area (Å²) >= 11 is 0. The summed E-state index contributed by atoms with van der Waals surface area (Å²) in [6.45, 7) is 1.94. The lowest BCUT2D eigenvalue weighted by Gasteiger charge is -2.26. The summed E-state index contributed by atoms with van der Waals surface area (Å²) in [5, 5.41) is 8.19. The van der Waals surface area contributed by atoms with Crippen molar-refractivity contribution < 1.29 is 18.7 Å². The molecule has 3 aromatic rings. The number of rotatable bonds is 8. The van der Waals surface area contributed by atoms with E-state index in [1.54, 1.807) is 18.2 Å². The standard InChI is InChI=1S/C22H24N6O4/c1-30-11-12-31-14-18(29)28-9-7-15(8-10-28)17-13-24-20(23)19(25-17)22-27-26-21(32-22)16-5-3-2-4-6-16/h2-7,13H,8-12,14H2,1H3,(H2,23,24). The van der Waals surface area contributed by atoms with E-state index in [2.05, 4.69) is 20.2 Å². The molecule has 2 N–H and O–H groups in total. The molecule has 3 heterocycles. The number of nitrogens with zero attached hydrogens (tertiary/aromatic N) is 5. The Morgan fingerprint density at radius 2 is 2.00 bits per heavy atom. The molecule has 1 aliphatic rings. The summed E-state index contributed by atoms with van der Waals surface area (Å²) < 4.78 is 16.0. The lowest BCUT2D eigenvalue weighted by Crippen LogP contribution is -2.37. The molecular formula is C22H24N6O4. The number of carbonyl (C=O) groups excluding carboxylic acids is 1. The zero-order chi connectivity index (χ0) is 22.3. The molecule has 0 fully saturated rings. The summed E-state index contributed by atoms with van der Waals surface area (Å²) in [4.78, 5) is 22.9. The Hall–Kier alpha value is -3.63. The molecule has 0 unspecified atom stereocenters. The quantitative estimate of drug-likeness (QED) is 0.527. The number of aromatic nitrogens is 4. The minimum atomic E-state index is -0.0558. The molecule has 0 aliphatic carbocycles. The van der Waals surface area contributed by atoms with E-state index in [-0.39, 0.29) is 24.2 Å². The first-order valence-electron chi connectivity index (χ1n) is 10.2. The van der Waals surface area contributed by atoms with Crippen molar-refractivity contribution in [1.29, 1.82) is 0 Å². The Balaban J connectivity index is 1.46. The summed E-state index contributed by atoms with van der Waals surface area (Å²) in [7, 11) is 1.59. The van der Waals surface area contributed by atoms with E-state index in [0.29, 0.717) is 50.0 Å². The third-order valence-electron chi connectivity index (χ3n) is 5.00. The van der Waals surface area contributed by atoms with E-state index >= 15 is 0 Å². The largest absolute Gasteiger partial charge is 0.414 e. The molecule has 0 bridgehead atoms. The number of nitrogens with two attached hydrogens (primary N) is 1. The van der Waals surface area contributed by atoms with E-state index in [4.69, 9.17) is 19.6 Å².